The van der Waals surface area contributed by atoms with E-state index in [2.05, 4.69) is 40.8 Å². The summed E-state index contributed by atoms with van der Waals surface area (Å²) in [6.07, 6.45) is 7.91. The highest BCUT2D eigenvalue weighted by molar-refractivity contribution is 9.10. The number of aromatic nitrogens is 4. The van der Waals surface area contributed by atoms with Crippen LogP contribution in [0.4, 0.5) is 5.95 Å². The highest BCUT2D eigenvalue weighted by Gasteiger charge is 2.19. The van der Waals surface area contributed by atoms with Crippen molar-refractivity contribution >= 4 is 21.9 Å². The van der Waals surface area contributed by atoms with Gasteiger partial charge in [0.05, 0.1) is 16.7 Å². The van der Waals surface area contributed by atoms with Crippen molar-refractivity contribution < 1.29 is 0 Å². The lowest BCUT2D eigenvalue weighted by atomic mass is 9.97. The molecule has 0 bridgehead atoms. The van der Waals surface area contributed by atoms with Gasteiger partial charge in [-0.2, -0.15) is 5.10 Å². The zero-order chi connectivity index (χ0) is 17.9. The SMILES string of the molecule is O=c1cc2c(nn1CCN1CCN(c3ncc(Br)cn3)CC1)CCCC2. The Balaban J connectivity index is 1.32. The molecular weight excluding hydrogens is 396 g/mol. The molecule has 0 spiro atoms. The molecule has 0 N–H and O–H groups in total. The molecule has 2 aromatic rings. The summed E-state index contributed by atoms with van der Waals surface area (Å²) in [5, 5.41) is 4.61. The van der Waals surface area contributed by atoms with Crippen LogP contribution in [0.15, 0.2) is 27.7 Å². The first-order valence-electron chi connectivity index (χ1n) is 9.24. The molecule has 8 heteroatoms. The summed E-state index contributed by atoms with van der Waals surface area (Å²) in [6.45, 7) is 5.18. The minimum atomic E-state index is 0.0348. The molecule has 0 saturated carbocycles. The smallest absolute Gasteiger partial charge is 0.267 e. The molecule has 26 heavy (non-hydrogen) atoms. The second-order valence-electron chi connectivity index (χ2n) is 6.91. The van der Waals surface area contributed by atoms with E-state index in [0.29, 0.717) is 6.54 Å². The van der Waals surface area contributed by atoms with E-state index in [9.17, 15) is 4.79 Å². The number of fused-ring (bicyclic) bond motifs is 1. The first-order chi connectivity index (χ1) is 12.7. The van der Waals surface area contributed by atoms with Crippen molar-refractivity contribution in [3.05, 3.63) is 44.5 Å². The number of hydrogen-bond acceptors (Lipinski definition) is 6. The highest BCUT2D eigenvalue weighted by atomic mass is 79.9. The van der Waals surface area contributed by atoms with E-state index in [1.807, 2.05) is 0 Å². The second kappa shape index (κ2) is 7.84. The molecule has 4 rings (SSSR count). The van der Waals surface area contributed by atoms with E-state index in [-0.39, 0.29) is 5.56 Å². The fraction of sp³-hybridized carbons (Fsp3) is 0.556. The van der Waals surface area contributed by atoms with Gasteiger partial charge in [-0.1, -0.05) is 0 Å². The van der Waals surface area contributed by atoms with Gasteiger partial charge in [0.15, 0.2) is 0 Å². The van der Waals surface area contributed by atoms with Gasteiger partial charge in [0.1, 0.15) is 0 Å². The predicted molar refractivity (Wildman–Crippen MR) is 104 cm³/mol. The summed E-state index contributed by atoms with van der Waals surface area (Å²) >= 11 is 3.36. The van der Waals surface area contributed by atoms with Crippen LogP contribution in [0.2, 0.25) is 0 Å². The topological polar surface area (TPSA) is 67.2 Å². The molecule has 0 amide bonds. The van der Waals surface area contributed by atoms with Crippen LogP contribution in [-0.2, 0) is 19.4 Å². The lowest BCUT2D eigenvalue weighted by Gasteiger charge is -2.34. The molecule has 1 fully saturated rings. The van der Waals surface area contributed by atoms with E-state index in [1.165, 1.54) is 12.8 Å². The quantitative estimate of drug-likeness (QED) is 0.749. The Bertz CT molecular complexity index is 813. The van der Waals surface area contributed by atoms with Crippen molar-refractivity contribution in [1.29, 1.82) is 0 Å². The number of halogens is 1. The number of piperazine rings is 1. The van der Waals surface area contributed by atoms with Crippen LogP contribution < -0.4 is 10.5 Å². The molecular formula is C18H23BrN6O. The van der Waals surface area contributed by atoms with Gasteiger partial charge in [-0.15, -0.1) is 0 Å². The average molecular weight is 419 g/mol. The summed E-state index contributed by atoms with van der Waals surface area (Å²) in [4.78, 5) is 25.6. The molecule has 138 valence electrons. The Morgan fingerprint density at radius 3 is 2.50 bits per heavy atom. The van der Waals surface area contributed by atoms with Crippen LogP contribution in [-0.4, -0.2) is 57.4 Å². The van der Waals surface area contributed by atoms with Crippen molar-refractivity contribution in [2.24, 2.45) is 0 Å². The molecule has 0 atom stereocenters. The van der Waals surface area contributed by atoms with Crippen molar-refractivity contribution in [3.63, 3.8) is 0 Å². The van der Waals surface area contributed by atoms with Crippen LogP contribution in [0.5, 0.6) is 0 Å². The number of aryl methyl sites for hydroxylation is 2. The van der Waals surface area contributed by atoms with E-state index in [1.54, 1.807) is 23.1 Å². The van der Waals surface area contributed by atoms with Crippen LogP contribution in [0.25, 0.3) is 0 Å². The van der Waals surface area contributed by atoms with Crippen LogP contribution in [0.3, 0.4) is 0 Å². The van der Waals surface area contributed by atoms with Gasteiger partial charge in [0.25, 0.3) is 5.56 Å². The van der Waals surface area contributed by atoms with Crippen LogP contribution >= 0.6 is 15.9 Å². The van der Waals surface area contributed by atoms with Gasteiger partial charge in [-0.25, -0.2) is 14.6 Å². The van der Waals surface area contributed by atoms with Gasteiger partial charge in [0.2, 0.25) is 5.95 Å². The Morgan fingerprint density at radius 2 is 1.73 bits per heavy atom. The molecule has 1 aliphatic carbocycles. The van der Waals surface area contributed by atoms with E-state index >= 15 is 0 Å². The third-order valence-electron chi connectivity index (χ3n) is 5.16. The maximum Gasteiger partial charge on any atom is 0.267 e. The summed E-state index contributed by atoms with van der Waals surface area (Å²) in [5.74, 6) is 0.778. The lowest BCUT2D eigenvalue weighted by Crippen LogP contribution is -2.48. The molecule has 1 aliphatic heterocycles. The van der Waals surface area contributed by atoms with E-state index in [4.69, 9.17) is 0 Å². The minimum absolute atomic E-state index is 0.0348. The largest absolute Gasteiger partial charge is 0.338 e. The van der Waals surface area contributed by atoms with Crippen molar-refractivity contribution in [3.8, 4) is 0 Å². The highest BCUT2D eigenvalue weighted by Crippen LogP contribution is 2.17. The number of nitrogens with zero attached hydrogens (tertiary/aromatic N) is 6. The first kappa shape index (κ1) is 17.6. The Kier molecular flexibility index (Phi) is 5.31. The Morgan fingerprint density at radius 1 is 1.00 bits per heavy atom. The molecule has 1 saturated heterocycles. The van der Waals surface area contributed by atoms with Crippen LogP contribution in [0, 0.1) is 0 Å². The fourth-order valence-corrected chi connectivity index (χ4v) is 3.84. The number of rotatable bonds is 4. The fourth-order valence-electron chi connectivity index (χ4n) is 3.64. The summed E-state index contributed by atoms with van der Waals surface area (Å²) in [5.41, 5.74) is 2.31. The lowest BCUT2D eigenvalue weighted by molar-refractivity contribution is 0.241. The average Bonchev–Trinajstić information content (AvgIpc) is 2.67. The summed E-state index contributed by atoms with van der Waals surface area (Å²) in [6, 6.07) is 1.80. The van der Waals surface area contributed by atoms with Crippen molar-refractivity contribution in [2.75, 3.05) is 37.6 Å². The van der Waals surface area contributed by atoms with E-state index in [0.717, 1.165) is 67.2 Å². The molecule has 7 nitrogen and oxygen atoms in total. The third kappa shape index (κ3) is 3.96. The van der Waals surface area contributed by atoms with Gasteiger partial charge >= 0.3 is 0 Å². The monoisotopic (exact) mass is 418 g/mol. The molecule has 2 aromatic heterocycles. The molecule has 0 radical (unpaired) electrons. The summed E-state index contributed by atoms with van der Waals surface area (Å²) in [7, 11) is 0. The van der Waals surface area contributed by atoms with Crippen molar-refractivity contribution in [1.82, 2.24) is 24.6 Å². The molecule has 0 aromatic carbocycles. The molecule has 2 aliphatic rings. The minimum Gasteiger partial charge on any atom is -0.338 e. The zero-order valence-electron chi connectivity index (χ0n) is 14.8. The van der Waals surface area contributed by atoms with Gasteiger partial charge < -0.3 is 4.90 Å². The predicted octanol–water partition coefficient (Wildman–Crippen LogP) is 1.50. The molecule has 3 heterocycles. The van der Waals surface area contributed by atoms with E-state index < -0.39 is 0 Å². The van der Waals surface area contributed by atoms with Gasteiger partial charge in [-0.05, 0) is 47.2 Å². The van der Waals surface area contributed by atoms with Crippen molar-refractivity contribution in [2.45, 2.75) is 32.2 Å². The molecule has 0 unspecified atom stereocenters. The second-order valence-corrected chi connectivity index (χ2v) is 7.83. The number of hydrogen-bond donors (Lipinski definition) is 0. The van der Waals surface area contributed by atoms with Gasteiger partial charge in [-0.3, -0.25) is 9.69 Å². The maximum absolute atomic E-state index is 12.3. The first-order valence-corrected chi connectivity index (χ1v) is 10.0. The Hall–Kier alpha value is -1.80. The zero-order valence-corrected chi connectivity index (χ0v) is 16.4. The number of anilines is 1. The van der Waals surface area contributed by atoms with Crippen LogP contribution in [0.1, 0.15) is 24.1 Å². The summed E-state index contributed by atoms with van der Waals surface area (Å²) < 4.78 is 2.54. The maximum atomic E-state index is 12.3. The Labute approximate surface area is 161 Å². The van der Waals surface area contributed by atoms with Gasteiger partial charge in [0, 0.05) is 51.2 Å². The normalized spacial score (nSPS) is 18.0. The third-order valence-corrected chi connectivity index (χ3v) is 5.57. The standard InChI is InChI=1S/C18H23BrN6O/c19-15-12-20-18(21-13-15)24-8-5-23(6-9-24)7-10-25-17(26)11-14-3-1-2-4-16(14)22-25/h11-13H,1-10H2.